The molecule has 1 atom stereocenters. The molecule has 0 aliphatic heterocycles. The van der Waals surface area contributed by atoms with Crippen molar-refractivity contribution in [2.24, 2.45) is 5.92 Å². The summed E-state index contributed by atoms with van der Waals surface area (Å²) in [6, 6.07) is 8.01. The van der Waals surface area contributed by atoms with Gasteiger partial charge in [0, 0.05) is 6.54 Å². The molecule has 0 heterocycles. The fourth-order valence-electron chi connectivity index (χ4n) is 1.22. The topological polar surface area (TPSA) is 21.3 Å². The molecule has 1 unspecified atom stereocenters. The van der Waals surface area contributed by atoms with Crippen molar-refractivity contribution in [1.29, 1.82) is 0 Å². The van der Waals surface area contributed by atoms with Crippen molar-refractivity contribution < 1.29 is 4.74 Å². The SMILES string of the molecule is CCC(C)CNc1ccccc1OC. The number of hydrogen-bond donors (Lipinski definition) is 1. The molecule has 2 heteroatoms. The van der Waals surface area contributed by atoms with E-state index < -0.39 is 0 Å². The van der Waals surface area contributed by atoms with Gasteiger partial charge in [-0.1, -0.05) is 32.4 Å². The van der Waals surface area contributed by atoms with Crippen LogP contribution in [-0.4, -0.2) is 13.7 Å². The summed E-state index contributed by atoms with van der Waals surface area (Å²) in [7, 11) is 1.70. The Morgan fingerprint density at radius 3 is 2.71 bits per heavy atom. The van der Waals surface area contributed by atoms with E-state index >= 15 is 0 Å². The minimum atomic E-state index is 0.694. The first-order valence-corrected chi connectivity index (χ1v) is 5.14. The Morgan fingerprint density at radius 1 is 1.36 bits per heavy atom. The summed E-state index contributed by atoms with van der Waals surface area (Å²) in [5, 5.41) is 3.39. The maximum absolute atomic E-state index is 5.25. The van der Waals surface area contributed by atoms with Crippen molar-refractivity contribution in [3.05, 3.63) is 24.3 Å². The molecule has 1 rings (SSSR count). The van der Waals surface area contributed by atoms with E-state index in [1.54, 1.807) is 7.11 Å². The smallest absolute Gasteiger partial charge is 0.141 e. The third-order valence-electron chi connectivity index (χ3n) is 2.44. The van der Waals surface area contributed by atoms with Gasteiger partial charge in [-0.15, -0.1) is 0 Å². The van der Waals surface area contributed by atoms with E-state index in [0.717, 1.165) is 18.0 Å². The quantitative estimate of drug-likeness (QED) is 0.775. The van der Waals surface area contributed by atoms with E-state index in [0.29, 0.717) is 5.92 Å². The zero-order valence-electron chi connectivity index (χ0n) is 9.21. The second kappa shape index (κ2) is 5.53. The third kappa shape index (κ3) is 2.95. The first-order chi connectivity index (χ1) is 6.77. The average molecular weight is 193 g/mol. The highest BCUT2D eigenvalue weighted by atomic mass is 16.5. The Bertz CT molecular complexity index is 273. The molecule has 78 valence electrons. The van der Waals surface area contributed by atoms with Crippen molar-refractivity contribution in [3.63, 3.8) is 0 Å². The van der Waals surface area contributed by atoms with Crippen molar-refractivity contribution in [3.8, 4) is 5.75 Å². The fraction of sp³-hybridized carbons (Fsp3) is 0.500. The molecule has 0 saturated carbocycles. The van der Waals surface area contributed by atoms with Crippen molar-refractivity contribution in [1.82, 2.24) is 0 Å². The highest BCUT2D eigenvalue weighted by Crippen LogP contribution is 2.23. The normalized spacial score (nSPS) is 12.2. The van der Waals surface area contributed by atoms with E-state index in [1.807, 2.05) is 24.3 Å². The summed E-state index contributed by atoms with van der Waals surface area (Å²) in [5.41, 5.74) is 1.08. The number of anilines is 1. The number of rotatable bonds is 5. The molecule has 0 spiro atoms. The summed E-state index contributed by atoms with van der Waals surface area (Å²) in [5.74, 6) is 1.61. The highest BCUT2D eigenvalue weighted by Gasteiger charge is 2.02. The number of nitrogens with one attached hydrogen (secondary N) is 1. The molecule has 1 N–H and O–H groups in total. The van der Waals surface area contributed by atoms with Gasteiger partial charge >= 0.3 is 0 Å². The lowest BCUT2D eigenvalue weighted by atomic mass is 10.1. The van der Waals surface area contributed by atoms with Crippen LogP contribution in [-0.2, 0) is 0 Å². The second-order valence-electron chi connectivity index (χ2n) is 3.59. The van der Waals surface area contributed by atoms with E-state index in [1.165, 1.54) is 6.42 Å². The monoisotopic (exact) mass is 193 g/mol. The Morgan fingerprint density at radius 2 is 2.07 bits per heavy atom. The summed E-state index contributed by atoms with van der Waals surface area (Å²) in [6.45, 7) is 5.44. The first kappa shape index (κ1) is 10.9. The molecule has 0 aromatic heterocycles. The lowest BCUT2D eigenvalue weighted by molar-refractivity contribution is 0.416. The van der Waals surface area contributed by atoms with Gasteiger partial charge < -0.3 is 10.1 Å². The van der Waals surface area contributed by atoms with Crippen LogP contribution in [0.1, 0.15) is 20.3 Å². The van der Waals surface area contributed by atoms with Crippen LogP contribution in [0.3, 0.4) is 0 Å². The lowest BCUT2D eigenvalue weighted by Crippen LogP contribution is -2.10. The van der Waals surface area contributed by atoms with Crippen LogP contribution in [0, 0.1) is 5.92 Å². The molecule has 0 amide bonds. The zero-order valence-corrected chi connectivity index (χ0v) is 9.21. The average Bonchev–Trinajstić information content (AvgIpc) is 2.26. The van der Waals surface area contributed by atoms with Crippen molar-refractivity contribution in [2.45, 2.75) is 20.3 Å². The maximum Gasteiger partial charge on any atom is 0.141 e. The van der Waals surface area contributed by atoms with E-state index in [9.17, 15) is 0 Å². The van der Waals surface area contributed by atoms with E-state index in [4.69, 9.17) is 4.74 Å². The summed E-state index contributed by atoms with van der Waals surface area (Å²) >= 11 is 0. The van der Waals surface area contributed by atoms with Crippen LogP contribution in [0.5, 0.6) is 5.75 Å². The zero-order chi connectivity index (χ0) is 10.4. The minimum absolute atomic E-state index is 0.694. The second-order valence-corrected chi connectivity index (χ2v) is 3.59. The van der Waals surface area contributed by atoms with Gasteiger partial charge in [0.25, 0.3) is 0 Å². The standard InChI is InChI=1S/C12H19NO/c1-4-10(2)9-13-11-7-5-6-8-12(11)14-3/h5-8,10,13H,4,9H2,1-3H3. The molecule has 1 aromatic carbocycles. The summed E-state index contributed by atoms with van der Waals surface area (Å²) in [4.78, 5) is 0. The molecule has 0 bridgehead atoms. The largest absolute Gasteiger partial charge is 0.495 e. The number of hydrogen-bond acceptors (Lipinski definition) is 2. The molecule has 14 heavy (non-hydrogen) atoms. The Balaban J connectivity index is 2.57. The van der Waals surface area contributed by atoms with Gasteiger partial charge in [0.15, 0.2) is 0 Å². The molecule has 0 aliphatic carbocycles. The molecule has 0 fully saturated rings. The molecule has 2 nitrogen and oxygen atoms in total. The Kier molecular flexibility index (Phi) is 4.30. The lowest BCUT2D eigenvalue weighted by Gasteiger charge is -2.13. The maximum atomic E-state index is 5.25. The van der Waals surface area contributed by atoms with Gasteiger partial charge in [-0.2, -0.15) is 0 Å². The molecular formula is C12H19NO. The molecule has 0 saturated heterocycles. The van der Waals surface area contributed by atoms with Gasteiger partial charge in [-0.25, -0.2) is 0 Å². The number of para-hydroxylation sites is 2. The predicted molar refractivity (Wildman–Crippen MR) is 60.9 cm³/mol. The molecular weight excluding hydrogens is 174 g/mol. The van der Waals surface area contributed by atoms with E-state index in [-0.39, 0.29) is 0 Å². The third-order valence-corrected chi connectivity index (χ3v) is 2.44. The highest BCUT2D eigenvalue weighted by molar-refractivity contribution is 5.56. The van der Waals surface area contributed by atoms with Gasteiger partial charge in [0.2, 0.25) is 0 Å². The van der Waals surface area contributed by atoms with Gasteiger partial charge in [-0.05, 0) is 18.1 Å². The predicted octanol–water partition coefficient (Wildman–Crippen LogP) is 3.15. The number of ether oxygens (including phenoxy) is 1. The molecule has 1 aromatic rings. The van der Waals surface area contributed by atoms with Crippen LogP contribution in [0.15, 0.2) is 24.3 Å². The van der Waals surface area contributed by atoms with Crippen LogP contribution >= 0.6 is 0 Å². The number of methoxy groups -OCH3 is 1. The summed E-state index contributed by atoms with van der Waals surface area (Å²) in [6.07, 6.45) is 1.20. The Labute approximate surface area is 86.3 Å². The molecule has 0 aliphatic rings. The van der Waals surface area contributed by atoms with E-state index in [2.05, 4.69) is 19.2 Å². The fourth-order valence-corrected chi connectivity index (χ4v) is 1.22. The van der Waals surface area contributed by atoms with Crippen LogP contribution < -0.4 is 10.1 Å². The van der Waals surface area contributed by atoms with Crippen molar-refractivity contribution in [2.75, 3.05) is 19.0 Å². The molecule has 0 radical (unpaired) electrons. The summed E-state index contributed by atoms with van der Waals surface area (Å²) < 4.78 is 5.25. The van der Waals surface area contributed by atoms with Crippen LogP contribution in [0.2, 0.25) is 0 Å². The van der Waals surface area contributed by atoms with Crippen LogP contribution in [0.25, 0.3) is 0 Å². The van der Waals surface area contributed by atoms with Gasteiger partial charge in [0.05, 0.1) is 12.8 Å². The number of benzene rings is 1. The van der Waals surface area contributed by atoms with Crippen molar-refractivity contribution >= 4 is 5.69 Å². The Hall–Kier alpha value is -1.18. The minimum Gasteiger partial charge on any atom is -0.495 e. The van der Waals surface area contributed by atoms with Gasteiger partial charge in [0.1, 0.15) is 5.75 Å². The van der Waals surface area contributed by atoms with Crippen LogP contribution in [0.4, 0.5) is 5.69 Å². The van der Waals surface area contributed by atoms with Gasteiger partial charge in [-0.3, -0.25) is 0 Å². The first-order valence-electron chi connectivity index (χ1n) is 5.14.